The number of likely N-dealkylation sites (N-methyl/N-ethyl adjacent to an activating group) is 3. The first-order valence-electron chi connectivity index (χ1n) is 8.37. The van der Waals surface area contributed by atoms with Crippen molar-refractivity contribution in [2.45, 2.75) is 20.3 Å². The van der Waals surface area contributed by atoms with Crippen molar-refractivity contribution in [2.75, 3.05) is 80.2 Å². The largest absolute Gasteiger partial charge is 0.329 e. The smallest absolute Gasteiger partial charge is 0.0504 e. The van der Waals surface area contributed by atoms with Crippen LogP contribution in [0.4, 0.5) is 0 Å². The van der Waals surface area contributed by atoms with E-state index in [9.17, 15) is 0 Å². The quantitative estimate of drug-likeness (QED) is 0.307. The molecule has 8 N–H and O–H groups in total. The van der Waals surface area contributed by atoms with Crippen molar-refractivity contribution in [1.82, 2.24) is 20.4 Å². The second kappa shape index (κ2) is 25.7. The summed E-state index contributed by atoms with van der Waals surface area (Å²) >= 11 is 0. The van der Waals surface area contributed by atoms with E-state index in [2.05, 4.69) is 41.3 Å². The Morgan fingerprint density at radius 1 is 0.773 bits per heavy atom. The van der Waals surface area contributed by atoms with Crippen LogP contribution in [0.1, 0.15) is 20.3 Å². The minimum atomic E-state index is 0.707. The fourth-order valence-corrected chi connectivity index (χ4v) is 1.48. The van der Waals surface area contributed by atoms with E-state index in [1.54, 1.807) is 0 Å². The number of hydrogen-bond donors (Lipinski definition) is 5. The third-order valence-electron chi connectivity index (χ3n) is 2.47. The number of hydrogen-bond acceptors (Lipinski definition) is 7. The molecule has 0 radical (unpaired) electrons. The van der Waals surface area contributed by atoms with E-state index in [1.807, 2.05) is 14.1 Å². The Morgan fingerprint density at radius 2 is 1.27 bits per heavy atom. The van der Waals surface area contributed by atoms with E-state index in [0.717, 1.165) is 45.9 Å². The first-order valence-corrected chi connectivity index (χ1v) is 8.37. The number of nitrogens with zero attached hydrogens (tertiary/aromatic N) is 2. The van der Waals surface area contributed by atoms with Crippen LogP contribution in [0.2, 0.25) is 0 Å². The molecule has 22 heavy (non-hydrogen) atoms. The van der Waals surface area contributed by atoms with Crippen LogP contribution in [0.25, 0.3) is 0 Å². The molecule has 7 nitrogen and oxygen atoms in total. The summed E-state index contributed by atoms with van der Waals surface area (Å²) in [6.45, 7) is 12.2. The zero-order valence-electron chi connectivity index (χ0n) is 15.7. The highest BCUT2D eigenvalue weighted by Gasteiger charge is 2.05. The maximum absolute atomic E-state index is 5.55. The summed E-state index contributed by atoms with van der Waals surface area (Å²) in [4.78, 5) is 4.54. The average Bonchev–Trinajstić information content (AvgIpc) is 2.47. The molecule has 0 saturated heterocycles. The van der Waals surface area contributed by atoms with Crippen LogP contribution >= 0.6 is 0 Å². The maximum atomic E-state index is 5.55. The van der Waals surface area contributed by atoms with Crippen molar-refractivity contribution in [3.63, 3.8) is 0 Å². The molecule has 0 rings (SSSR count). The molecule has 0 aliphatic carbocycles. The van der Waals surface area contributed by atoms with Crippen molar-refractivity contribution in [1.29, 1.82) is 0 Å². The van der Waals surface area contributed by atoms with Crippen molar-refractivity contribution in [2.24, 2.45) is 17.2 Å². The monoisotopic (exact) mass is 321 g/mol. The molecule has 0 aromatic rings. The maximum Gasteiger partial charge on any atom is 0.0504 e. The molecule has 0 saturated carbocycles. The van der Waals surface area contributed by atoms with Gasteiger partial charge in [0.25, 0.3) is 0 Å². The van der Waals surface area contributed by atoms with Gasteiger partial charge in [-0.15, -0.1) is 0 Å². The molecule has 0 fully saturated rings. The van der Waals surface area contributed by atoms with E-state index in [-0.39, 0.29) is 0 Å². The van der Waals surface area contributed by atoms with Crippen molar-refractivity contribution in [3.05, 3.63) is 0 Å². The topological polar surface area (TPSA) is 109 Å². The molecule has 0 heterocycles. The summed E-state index contributed by atoms with van der Waals surface area (Å²) in [7, 11) is 5.92. The van der Waals surface area contributed by atoms with Crippen LogP contribution in [0.5, 0.6) is 0 Å². The predicted molar refractivity (Wildman–Crippen MR) is 100 cm³/mol. The van der Waals surface area contributed by atoms with Gasteiger partial charge in [0.05, 0.1) is 6.67 Å². The molecule has 0 aliphatic heterocycles. The standard InChI is InChI=1S/C9H25N5.C3H10N2.C3H8/c1-12-5-8-14(7-4-11)9-13(2)6-3-10;1-5-3-2-4;1-3-2/h12H,3-11H2,1-2H3;5H,2-4H2,1H3;3H2,1-2H3. The minimum Gasteiger partial charge on any atom is -0.329 e. The molecule has 0 aromatic heterocycles. The first kappa shape index (κ1) is 26.6. The van der Waals surface area contributed by atoms with Crippen LogP contribution in [0.3, 0.4) is 0 Å². The third-order valence-corrected chi connectivity index (χ3v) is 2.47. The normalized spacial score (nSPS) is 10.1. The molecule has 0 unspecified atom stereocenters. The molecule has 0 aromatic carbocycles. The van der Waals surface area contributed by atoms with Crippen LogP contribution in [0, 0.1) is 0 Å². The fourth-order valence-electron chi connectivity index (χ4n) is 1.48. The van der Waals surface area contributed by atoms with Crippen LogP contribution < -0.4 is 27.8 Å². The Morgan fingerprint density at radius 3 is 1.59 bits per heavy atom. The second-order valence-electron chi connectivity index (χ2n) is 5.12. The summed E-state index contributed by atoms with van der Waals surface area (Å²) in [5, 5.41) is 6.03. The van der Waals surface area contributed by atoms with E-state index in [4.69, 9.17) is 17.2 Å². The van der Waals surface area contributed by atoms with Gasteiger partial charge in [-0.1, -0.05) is 20.3 Å². The van der Waals surface area contributed by atoms with E-state index in [1.165, 1.54) is 6.42 Å². The zero-order chi connectivity index (χ0) is 17.6. The molecule has 0 bridgehead atoms. The third kappa shape index (κ3) is 28.0. The number of nitrogens with two attached hydrogens (primary N) is 3. The van der Waals surface area contributed by atoms with Crippen molar-refractivity contribution in [3.8, 4) is 0 Å². The molecule has 0 amide bonds. The molecule has 0 spiro atoms. The van der Waals surface area contributed by atoms with Gasteiger partial charge in [0.1, 0.15) is 0 Å². The average molecular weight is 322 g/mol. The van der Waals surface area contributed by atoms with Crippen LogP contribution in [-0.2, 0) is 0 Å². The Balaban J connectivity index is -0.000000373. The highest BCUT2D eigenvalue weighted by Crippen LogP contribution is 1.89. The lowest BCUT2D eigenvalue weighted by Gasteiger charge is -2.27. The predicted octanol–water partition coefficient (Wildman–Crippen LogP) is -1.10. The van der Waals surface area contributed by atoms with Gasteiger partial charge in [-0.25, -0.2) is 0 Å². The molecular weight excluding hydrogens is 278 g/mol. The van der Waals surface area contributed by atoms with Crippen LogP contribution in [0.15, 0.2) is 0 Å². The van der Waals surface area contributed by atoms with Gasteiger partial charge in [0, 0.05) is 52.4 Å². The van der Waals surface area contributed by atoms with E-state index >= 15 is 0 Å². The molecule has 138 valence electrons. The second-order valence-corrected chi connectivity index (χ2v) is 5.12. The van der Waals surface area contributed by atoms with Gasteiger partial charge in [-0.05, 0) is 21.1 Å². The molecule has 0 atom stereocenters. The SMILES string of the molecule is CCC.CNCCN.CNCCN(CCN)CN(C)CCN. The lowest BCUT2D eigenvalue weighted by atomic mass is 10.4. The summed E-state index contributed by atoms with van der Waals surface area (Å²) in [6.07, 6.45) is 1.25. The Hall–Kier alpha value is -0.280. The zero-order valence-corrected chi connectivity index (χ0v) is 15.7. The highest BCUT2D eigenvalue weighted by atomic mass is 15.3. The van der Waals surface area contributed by atoms with E-state index < -0.39 is 0 Å². The lowest BCUT2D eigenvalue weighted by Crippen LogP contribution is -2.42. The summed E-state index contributed by atoms with van der Waals surface area (Å²) in [5.41, 5.74) is 16.1. The molecular formula is C15H43N7. The Bertz CT molecular complexity index is 168. The highest BCUT2D eigenvalue weighted by molar-refractivity contribution is 4.60. The lowest BCUT2D eigenvalue weighted by molar-refractivity contribution is 0.162. The summed E-state index contributed by atoms with van der Waals surface area (Å²) in [6, 6.07) is 0. The van der Waals surface area contributed by atoms with Gasteiger partial charge in [0.2, 0.25) is 0 Å². The van der Waals surface area contributed by atoms with Gasteiger partial charge >= 0.3 is 0 Å². The Kier molecular flexibility index (Phi) is 31.0. The van der Waals surface area contributed by atoms with Gasteiger partial charge in [-0.3, -0.25) is 9.80 Å². The van der Waals surface area contributed by atoms with Crippen molar-refractivity contribution >= 4 is 0 Å². The minimum absolute atomic E-state index is 0.707. The van der Waals surface area contributed by atoms with E-state index in [0.29, 0.717) is 13.1 Å². The first-order chi connectivity index (χ1) is 10.6. The van der Waals surface area contributed by atoms with Gasteiger partial charge in [-0.2, -0.15) is 0 Å². The summed E-state index contributed by atoms with van der Waals surface area (Å²) in [5.74, 6) is 0. The summed E-state index contributed by atoms with van der Waals surface area (Å²) < 4.78 is 0. The fraction of sp³-hybridized carbons (Fsp3) is 1.00. The Labute approximate surface area is 138 Å². The van der Waals surface area contributed by atoms with Crippen LogP contribution in [-0.4, -0.2) is 90.0 Å². The number of nitrogens with one attached hydrogen (secondary N) is 2. The van der Waals surface area contributed by atoms with Crippen molar-refractivity contribution < 1.29 is 0 Å². The molecule has 7 heteroatoms. The number of rotatable bonds is 11. The molecule has 0 aliphatic rings. The van der Waals surface area contributed by atoms with Gasteiger partial charge < -0.3 is 27.8 Å². The van der Waals surface area contributed by atoms with Gasteiger partial charge in [0.15, 0.2) is 0 Å².